The minimum absolute atomic E-state index is 0.0810. The Bertz CT molecular complexity index is 857. The summed E-state index contributed by atoms with van der Waals surface area (Å²) in [6, 6.07) is 0. The second kappa shape index (κ2) is 9.57. The van der Waals surface area contributed by atoms with Crippen LogP contribution in [-0.4, -0.2) is 44.5 Å². The number of ketones is 1. The van der Waals surface area contributed by atoms with E-state index in [0.717, 1.165) is 20.0 Å². The van der Waals surface area contributed by atoms with Gasteiger partial charge in [0, 0.05) is 11.4 Å². The molecule has 0 aromatic carbocycles. The number of carbonyl (C=O) groups is 2. The Labute approximate surface area is 171 Å². The highest BCUT2D eigenvalue weighted by atomic mass is 32.2. The van der Waals surface area contributed by atoms with Crippen LogP contribution in [0.1, 0.15) is 52.9 Å². The van der Waals surface area contributed by atoms with E-state index >= 15 is 0 Å². The third-order valence-electron chi connectivity index (χ3n) is 3.64. The van der Waals surface area contributed by atoms with Crippen molar-refractivity contribution in [2.75, 3.05) is 12.4 Å². The lowest BCUT2D eigenvalue weighted by Crippen LogP contribution is -2.15. The van der Waals surface area contributed by atoms with Gasteiger partial charge in [-0.05, 0) is 40.2 Å². The van der Waals surface area contributed by atoms with Gasteiger partial charge >= 0.3 is 5.97 Å². The standard InChI is InChI=1S/C18H23N3O3S3/c1-7-24-16(23)13-10(4)14(19-11(13)5)15(22)12(6)26-18-21-20-17(27-18)25-8-9(2)3/h12,19H,2,7-8H2,1,3-6H3/t12-/m0/s1. The number of nitrogens with zero attached hydrogens (tertiary/aromatic N) is 2. The number of H-pyrrole nitrogens is 1. The van der Waals surface area contributed by atoms with Crippen molar-refractivity contribution in [3.8, 4) is 0 Å². The summed E-state index contributed by atoms with van der Waals surface area (Å²) in [6.45, 7) is 13.2. The maximum atomic E-state index is 12.9. The number of carbonyl (C=O) groups excluding carboxylic acids is 2. The fourth-order valence-corrected chi connectivity index (χ4v) is 5.47. The van der Waals surface area contributed by atoms with Crippen LogP contribution in [0.25, 0.3) is 0 Å². The number of nitrogens with one attached hydrogen (secondary N) is 1. The van der Waals surface area contributed by atoms with Crippen molar-refractivity contribution in [2.24, 2.45) is 0 Å². The molecular weight excluding hydrogens is 402 g/mol. The molecule has 146 valence electrons. The highest BCUT2D eigenvalue weighted by Gasteiger charge is 2.26. The van der Waals surface area contributed by atoms with Crippen molar-refractivity contribution in [1.82, 2.24) is 15.2 Å². The van der Waals surface area contributed by atoms with E-state index in [4.69, 9.17) is 4.74 Å². The Hall–Kier alpha value is -1.58. The van der Waals surface area contributed by atoms with Gasteiger partial charge in [-0.1, -0.05) is 47.0 Å². The maximum Gasteiger partial charge on any atom is 0.340 e. The first kappa shape index (κ1) is 21.7. The predicted octanol–water partition coefficient (Wildman–Crippen LogP) is 4.69. The van der Waals surface area contributed by atoms with Crippen molar-refractivity contribution in [3.05, 3.63) is 34.7 Å². The highest BCUT2D eigenvalue weighted by Crippen LogP contribution is 2.33. The summed E-state index contributed by atoms with van der Waals surface area (Å²) < 4.78 is 6.68. The molecule has 2 heterocycles. The molecule has 0 bridgehead atoms. The summed E-state index contributed by atoms with van der Waals surface area (Å²) in [6.07, 6.45) is 0. The van der Waals surface area contributed by atoms with Crippen LogP contribution < -0.4 is 0 Å². The Morgan fingerprint density at radius 1 is 1.30 bits per heavy atom. The topological polar surface area (TPSA) is 84.9 Å². The molecule has 27 heavy (non-hydrogen) atoms. The second-order valence-corrected chi connectivity index (χ2v) is 9.84. The molecule has 0 aliphatic rings. The van der Waals surface area contributed by atoms with E-state index < -0.39 is 5.97 Å². The first-order valence-corrected chi connectivity index (χ1v) is 11.1. The number of rotatable bonds is 9. The molecule has 0 aliphatic carbocycles. The van der Waals surface area contributed by atoms with Gasteiger partial charge in [0.15, 0.2) is 14.5 Å². The van der Waals surface area contributed by atoms with Crippen molar-refractivity contribution in [2.45, 2.75) is 48.5 Å². The molecule has 0 radical (unpaired) electrons. The van der Waals surface area contributed by atoms with Crippen molar-refractivity contribution in [1.29, 1.82) is 0 Å². The van der Waals surface area contributed by atoms with Gasteiger partial charge in [-0.3, -0.25) is 4.79 Å². The normalized spacial score (nSPS) is 12.0. The Balaban J connectivity index is 2.10. The first-order valence-electron chi connectivity index (χ1n) is 8.42. The molecule has 0 saturated heterocycles. The number of esters is 1. The number of ether oxygens (including phenoxy) is 1. The van der Waals surface area contributed by atoms with Crippen LogP contribution >= 0.6 is 34.9 Å². The first-order chi connectivity index (χ1) is 12.7. The molecular formula is C18H23N3O3S3. The summed E-state index contributed by atoms with van der Waals surface area (Å²) in [7, 11) is 0. The maximum absolute atomic E-state index is 12.9. The van der Waals surface area contributed by atoms with Gasteiger partial charge in [0.2, 0.25) is 0 Å². The molecule has 0 unspecified atom stereocenters. The fraction of sp³-hybridized carbons (Fsp3) is 0.444. The lowest BCUT2D eigenvalue weighted by Gasteiger charge is -2.07. The van der Waals surface area contributed by atoms with Crippen LogP contribution in [0, 0.1) is 13.8 Å². The van der Waals surface area contributed by atoms with Gasteiger partial charge < -0.3 is 9.72 Å². The van der Waals surface area contributed by atoms with E-state index in [0.29, 0.717) is 29.1 Å². The molecule has 6 nitrogen and oxygen atoms in total. The number of hydrogen-bond donors (Lipinski definition) is 1. The van der Waals surface area contributed by atoms with Gasteiger partial charge in [-0.15, -0.1) is 10.2 Å². The SMILES string of the molecule is C=C(C)CSc1nnc(S[C@@H](C)C(=O)c2[nH]c(C)c(C(=O)OCC)c2C)s1. The molecule has 9 heteroatoms. The number of aryl methyl sites for hydroxylation is 1. The summed E-state index contributed by atoms with van der Waals surface area (Å²) >= 11 is 4.42. The van der Waals surface area contributed by atoms with Crippen molar-refractivity contribution in [3.63, 3.8) is 0 Å². The zero-order chi connectivity index (χ0) is 20.1. The van der Waals surface area contributed by atoms with Crippen LogP contribution in [0.15, 0.2) is 20.8 Å². The number of hydrogen-bond acceptors (Lipinski definition) is 8. The third-order valence-corrected chi connectivity index (χ3v) is 7.11. The molecule has 0 fully saturated rings. The smallest absolute Gasteiger partial charge is 0.340 e. The van der Waals surface area contributed by atoms with E-state index in [1.807, 2.05) is 13.8 Å². The van der Waals surface area contributed by atoms with Crippen LogP contribution in [0.4, 0.5) is 0 Å². The molecule has 1 atom stereocenters. The van der Waals surface area contributed by atoms with Gasteiger partial charge in [0.05, 0.1) is 23.1 Å². The molecule has 0 saturated carbocycles. The molecule has 0 spiro atoms. The van der Waals surface area contributed by atoms with Gasteiger partial charge in [-0.25, -0.2) is 4.79 Å². The zero-order valence-corrected chi connectivity index (χ0v) is 18.5. The molecule has 0 aliphatic heterocycles. The molecule has 2 rings (SSSR count). The van der Waals surface area contributed by atoms with E-state index in [1.165, 1.54) is 23.1 Å². The van der Waals surface area contributed by atoms with Crippen molar-refractivity contribution >= 4 is 46.6 Å². The van der Waals surface area contributed by atoms with Gasteiger partial charge in [0.25, 0.3) is 0 Å². The number of aromatic nitrogens is 3. The van der Waals surface area contributed by atoms with Crippen LogP contribution in [0.5, 0.6) is 0 Å². The van der Waals surface area contributed by atoms with E-state index in [-0.39, 0.29) is 11.0 Å². The number of aromatic amines is 1. The Morgan fingerprint density at radius 3 is 2.59 bits per heavy atom. The molecule has 2 aromatic rings. The molecule has 1 N–H and O–H groups in total. The van der Waals surface area contributed by atoms with Crippen molar-refractivity contribution < 1.29 is 14.3 Å². The number of Topliss-reactive ketones (excluding diaryl/α,β-unsaturated/α-hetero) is 1. The highest BCUT2D eigenvalue weighted by molar-refractivity contribution is 8.04. The summed E-state index contributed by atoms with van der Waals surface area (Å²) in [5.41, 5.74) is 3.21. The molecule has 0 amide bonds. The largest absolute Gasteiger partial charge is 0.462 e. The Kier molecular flexibility index (Phi) is 7.69. The fourth-order valence-electron chi connectivity index (χ4n) is 2.40. The van der Waals surface area contributed by atoms with Gasteiger partial charge in [0.1, 0.15) is 0 Å². The summed E-state index contributed by atoms with van der Waals surface area (Å²) in [5, 5.41) is 7.94. The monoisotopic (exact) mass is 425 g/mol. The third kappa shape index (κ3) is 5.46. The zero-order valence-electron chi connectivity index (χ0n) is 16.0. The minimum Gasteiger partial charge on any atom is -0.462 e. The van der Waals surface area contributed by atoms with E-state index in [9.17, 15) is 9.59 Å². The molecule has 2 aromatic heterocycles. The average molecular weight is 426 g/mol. The van der Waals surface area contributed by atoms with E-state index in [1.54, 1.807) is 32.5 Å². The van der Waals surface area contributed by atoms with Gasteiger partial charge in [-0.2, -0.15) is 0 Å². The predicted molar refractivity (Wildman–Crippen MR) is 111 cm³/mol. The lowest BCUT2D eigenvalue weighted by molar-refractivity contribution is 0.0525. The second-order valence-electron chi connectivity index (χ2n) is 6.05. The minimum atomic E-state index is -0.411. The quantitative estimate of drug-likeness (QED) is 0.270. The van der Waals surface area contributed by atoms with Crippen LogP contribution in [-0.2, 0) is 4.74 Å². The Morgan fingerprint density at radius 2 is 1.96 bits per heavy atom. The summed E-state index contributed by atoms with van der Waals surface area (Å²) in [5.74, 6) is 0.305. The van der Waals surface area contributed by atoms with Crippen LogP contribution in [0.2, 0.25) is 0 Å². The lowest BCUT2D eigenvalue weighted by atomic mass is 10.1. The van der Waals surface area contributed by atoms with E-state index in [2.05, 4.69) is 21.8 Å². The van der Waals surface area contributed by atoms with Crippen LogP contribution in [0.3, 0.4) is 0 Å². The summed E-state index contributed by atoms with van der Waals surface area (Å²) in [4.78, 5) is 28.0. The number of thioether (sulfide) groups is 2. The average Bonchev–Trinajstić information content (AvgIpc) is 3.16.